The highest BCUT2D eigenvalue weighted by molar-refractivity contribution is 5.76. The van der Waals surface area contributed by atoms with Crippen molar-refractivity contribution in [3.05, 3.63) is 35.4 Å². The summed E-state index contributed by atoms with van der Waals surface area (Å²) in [6.07, 6.45) is 2.04. The van der Waals surface area contributed by atoms with Crippen LogP contribution in [0, 0.1) is 11.6 Å². The standard InChI is InChI=1S/C14H18F2N2O/c1-9(14-11(15)5-2-6-12(14)16)18-10-4-3-7-17-13(19)8-10/h2,5-6,9-10,18H,3-4,7-8H2,1H3,(H,17,19). The first-order chi connectivity index (χ1) is 9.08. The van der Waals surface area contributed by atoms with Gasteiger partial charge in [-0.3, -0.25) is 4.79 Å². The molecule has 1 saturated heterocycles. The molecule has 1 amide bonds. The lowest BCUT2D eigenvalue weighted by Gasteiger charge is -2.22. The maximum Gasteiger partial charge on any atom is 0.221 e. The molecule has 1 aromatic carbocycles. The molecule has 0 aromatic heterocycles. The van der Waals surface area contributed by atoms with Crippen LogP contribution in [-0.4, -0.2) is 18.5 Å². The van der Waals surface area contributed by atoms with E-state index in [0.717, 1.165) is 12.8 Å². The lowest BCUT2D eigenvalue weighted by Crippen LogP contribution is -2.34. The Bertz CT molecular complexity index is 445. The fraction of sp³-hybridized carbons (Fsp3) is 0.500. The molecule has 3 nitrogen and oxygen atoms in total. The SMILES string of the molecule is CC(NC1CCCNC(=O)C1)c1c(F)cccc1F. The highest BCUT2D eigenvalue weighted by Gasteiger charge is 2.22. The summed E-state index contributed by atoms with van der Waals surface area (Å²) in [4.78, 5) is 11.4. The van der Waals surface area contributed by atoms with Crippen LogP contribution in [0.5, 0.6) is 0 Å². The van der Waals surface area contributed by atoms with Gasteiger partial charge in [-0.15, -0.1) is 0 Å². The van der Waals surface area contributed by atoms with Gasteiger partial charge in [0, 0.05) is 30.6 Å². The van der Waals surface area contributed by atoms with E-state index >= 15 is 0 Å². The third-order valence-electron chi connectivity index (χ3n) is 3.40. The van der Waals surface area contributed by atoms with E-state index in [4.69, 9.17) is 0 Å². The molecule has 1 aliphatic heterocycles. The van der Waals surface area contributed by atoms with E-state index in [-0.39, 0.29) is 17.5 Å². The molecule has 5 heteroatoms. The Balaban J connectivity index is 2.07. The molecule has 1 aromatic rings. The third-order valence-corrected chi connectivity index (χ3v) is 3.40. The van der Waals surface area contributed by atoms with Gasteiger partial charge in [-0.05, 0) is 31.9 Å². The van der Waals surface area contributed by atoms with E-state index in [1.807, 2.05) is 0 Å². The average Bonchev–Trinajstić information content (AvgIpc) is 2.53. The predicted molar refractivity (Wildman–Crippen MR) is 68.6 cm³/mol. The van der Waals surface area contributed by atoms with Gasteiger partial charge >= 0.3 is 0 Å². The summed E-state index contributed by atoms with van der Waals surface area (Å²) in [6, 6.07) is 3.33. The highest BCUT2D eigenvalue weighted by Crippen LogP contribution is 2.22. The topological polar surface area (TPSA) is 41.1 Å². The largest absolute Gasteiger partial charge is 0.356 e. The van der Waals surface area contributed by atoms with Gasteiger partial charge in [-0.25, -0.2) is 8.78 Å². The maximum absolute atomic E-state index is 13.7. The number of rotatable bonds is 3. The molecule has 2 N–H and O–H groups in total. The Kier molecular flexibility index (Phi) is 4.47. The molecule has 0 aliphatic carbocycles. The second-order valence-corrected chi connectivity index (χ2v) is 4.92. The zero-order valence-electron chi connectivity index (χ0n) is 10.9. The van der Waals surface area contributed by atoms with Gasteiger partial charge in [0.15, 0.2) is 0 Å². The second-order valence-electron chi connectivity index (χ2n) is 4.92. The van der Waals surface area contributed by atoms with Crippen LogP contribution in [0.4, 0.5) is 8.78 Å². The number of carbonyl (C=O) groups is 1. The van der Waals surface area contributed by atoms with E-state index in [0.29, 0.717) is 13.0 Å². The van der Waals surface area contributed by atoms with E-state index < -0.39 is 17.7 Å². The number of hydrogen-bond acceptors (Lipinski definition) is 2. The van der Waals surface area contributed by atoms with Gasteiger partial charge in [0.1, 0.15) is 11.6 Å². The highest BCUT2D eigenvalue weighted by atomic mass is 19.1. The molecule has 0 bridgehead atoms. The molecule has 104 valence electrons. The van der Waals surface area contributed by atoms with Crippen LogP contribution < -0.4 is 10.6 Å². The van der Waals surface area contributed by atoms with Gasteiger partial charge in [0.2, 0.25) is 5.91 Å². The molecule has 1 fully saturated rings. The van der Waals surface area contributed by atoms with Crippen LogP contribution in [0.1, 0.15) is 37.8 Å². The fourth-order valence-corrected chi connectivity index (χ4v) is 2.48. The van der Waals surface area contributed by atoms with E-state index in [1.165, 1.54) is 18.2 Å². The van der Waals surface area contributed by atoms with Crippen LogP contribution in [0.25, 0.3) is 0 Å². The first-order valence-electron chi connectivity index (χ1n) is 6.54. The number of hydrogen-bond donors (Lipinski definition) is 2. The van der Waals surface area contributed by atoms with Crippen LogP contribution in [0.3, 0.4) is 0 Å². The van der Waals surface area contributed by atoms with Crippen LogP contribution in [-0.2, 0) is 4.79 Å². The number of amides is 1. The number of benzene rings is 1. The lowest BCUT2D eigenvalue weighted by molar-refractivity contribution is -0.121. The van der Waals surface area contributed by atoms with Crippen LogP contribution in [0.2, 0.25) is 0 Å². The maximum atomic E-state index is 13.7. The smallest absolute Gasteiger partial charge is 0.221 e. The molecule has 1 heterocycles. The van der Waals surface area contributed by atoms with Crippen molar-refractivity contribution in [2.45, 2.75) is 38.3 Å². The van der Waals surface area contributed by atoms with Crippen molar-refractivity contribution < 1.29 is 13.6 Å². The van der Waals surface area contributed by atoms with Gasteiger partial charge in [-0.1, -0.05) is 6.07 Å². The van der Waals surface area contributed by atoms with E-state index in [2.05, 4.69) is 10.6 Å². The molecule has 1 aliphatic rings. The summed E-state index contributed by atoms with van der Waals surface area (Å²) >= 11 is 0. The minimum atomic E-state index is -0.557. The van der Waals surface area contributed by atoms with Crippen LogP contribution in [0.15, 0.2) is 18.2 Å². The molecular weight excluding hydrogens is 250 g/mol. The van der Waals surface area contributed by atoms with Crippen molar-refractivity contribution in [1.29, 1.82) is 0 Å². The Morgan fingerprint density at radius 2 is 2.05 bits per heavy atom. The molecule has 0 spiro atoms. The third kappa shape index (κ3) is 3.50. The van der Waals surface area contributed by atoms with Gasteiger partial charge in [-0.2, -0.15) is 0 Å². The summed E-state index contributed by atoms with van der Waals surface area (Å²) in [5.74, 6) is -1.13. The first-order valence-corrected chi connectivity index (χ1v) is 6.54. The summed E-state index contributed by atoms with van der Waals surface area (Å²) in [5, 5.41) is 5.93. The number of carbonyl (C=O) groups excluding carboxylic acids is 1. The Morgan fingerprint density at radius 1 is 1.37 bits per heavy atom. The molecule has 2 atom stereocenters. The van der Waals surface area contributed by atoms with E-state index in [1.54, 1.807) is 6.92 Å². The molecular formula is C14H18F2N2O. The van der Waals surface area contributed by atoms with Crippen molar-refractivity contribution in [2.24, 2.45) is 0 Å². The average molecular weight is 268 g/mol. The van der Waals surface area contributed by atoms with Crippen molar-refractivity contribution in [1.82, 2.24) is 10.6 Å². The Morgan fingerprint density at radius 3 is 2.74 bits per heavy atom. The summed E-state index contributed by atoms with van der Waals surface area (Å²) in [5.41, 5.74) is 0.0344. The summed E-state index contributed by atoms with van der Waals surface area (Å²) < 4.78 is 27.3. The molecule has 19 heavy (non-hydrogen) atoms. The van der Waals surface area contributed by atoms with Gasteiger partial charge in [0.25, 0.3) is 0 Å². The van der Waals surface area contributed by atoms with E-state index in [9.17, 15) is 13.6 Å². The van der Waals surface area contributed by atoms with Crippen molar-refractivity contribution >= 4 is 5.91 Å². The molecule has 0 radical (unpaired) electrons. The fourth-order valence-electron chi connectivity index (χ4n) is 2.48. The summed E-state index contributed by atoms with van der Waals surface area (Å²) in [6.45, 7) is 2.38. The number of nitrogens with one attached hydrogen (secondary N) is 2. The molecule has 0 saturated carbocycles. The summed E-state index contributed by atoms with van der Waals surface area (Å²) in [7, 11) is 0. The number of halogens is 2. The minimum absolute atomic E-state index is 0.0174. The van der Waals surface area contributed by atoms with Crippen molar-refractivity contribution in [3.8, 4) is 0 Å². The van der Waals surface area contributed by atoms with Crippen molar-refractivity contribution in [3.63, 3.8) is 0 Å². The first kappa shape index (κ1) is 13.9. The molecule has 2 unspecified atom stereocenters. The Hall–Kier alpha value is -1.49. The predicted octanol–water partition coefficient (Wildman–Crippen LogP) is 2.28. The van der Waals surface area contributed by atoms with Gasteiger partial charge < -0.3 is 10.6 Å². The Labute approximate surface area is 111 Å². The monoisotopic (exact) mass is 268 g/mol. The minimum Gasteiger partial charge on any atom is -0.356 e. The van der Waals surface area contributed by atoms with Gasteiger partial charge in [0.05, 0.1) is 0 Å². The second kappa shape index (κ2) is 6.10. The van der Waals surface area contributed by atoms with Crippen molar-refractivity contribution in [2.75, 3.05) is 6.54 Å². The lowest BCUT2D eigenvalue weighted by atomic mass is 10.0. The normalized spacial score (nSPS) is 21.6. The molecule has 2 rings (SSSR count). The quantitative estimate of drug-likeness (QED) is 0.883. The zero-order chi connectivity index (χ0) is 13.8. The zero-order valence-corrected chi connectivity index (χ0v) is 10.9. The van der Waals surface area contributed by atoms with Crippen LogP contribution >= 0.6 is 0 Å².